The first-order chi connectivity index (χ1) is 6.20. The van der Waals surface area contributed by atoms with E-state index in [2.05, 4.69) is 24.0 Å². The molecule has 0 aliphatic rings. The van der Waals surface area contributed by atoms with Gasteiger partial charge in [-0.2, -0.15) is 0 Å². The summed E-state index contributed by atoms with van der Waals surface area (Å²) in [6.45, 7) is 1.04. The fourth-order valence-corrected chi connectivity index (χ4v) is 1.87. The summed E-state index contributed by atoms with van der Waals surface area (Å²) in [5, 5.41) is 0.935. The summed E-state index contributed by atoms with van der Waals surface area (Å²) >= 11 is 1.70. The molecule has 0 unspecified atom stereocenters. The maximum Gasteiger partial charge on any atom is 0.119 e. The Morgan fingerprint density at radius 2 is 2.31 bits per heavy atom. The molecule has 0 fully saturated rings. The third-order valence-corrected chi connectivity index (χ3v) is 2.58. The van der Waals surface area contributed by atoms with Crippen LogP contribution in [0.4, 0.5) is 5.69 Å². The summed E-state index contributed by atoms with van der Waals surface area (Å²) < 4.78 is 0. The quantitative estimate of drug-likeness (QED) is 0.739. The van der Waals surface area contributed by atoms with Gasteiger partial charge < -0.3 is 10.6 Å². The SMILES string of the molecule is CN(C)CCSc1ncccc1N. The molecule has 4 heteroatoms. The maximum atomic E-state index is 5.74. The van der Waals surface area contributed by atoms with Crippen molar-refractivity contribution in [2.75, 3.05) is 32.1 Å². The van der Waals surface area contributed by atoms with Crippen molar-refractivity contribution >= 4 is 17.4 Å². The van der Waals surface area contributed by atoms with Crippen LogP contribution < -0.4 is 5.73 Å². The minimum absolute atomic E-state index is 0.770. The first-order valence-electron chi connectivity index (χ1n) is 4.18. The molecule has 0 radical (unpaired) electrons. The van der Waals surface area contributed by atoms with Crippen molar-refractivity contribution in [3.8, 4) is 0 Å². The van der Waals surface area contributed by atoms with E-state index in [1.165, 1.54) is 0 Å². The Morgan fingerprint density at radius 3 is 2.92 bits per heavy atom. The highest BCUT2D eigenvalue weighted by atomic mass is 32.2. The number of hydrogen-bond acceptors (Lipinski definition) is 4. The monoisotopic (exact) mass is 197 g/mol. The number of pyridine rings is 1. The number of rotatable bonds is 4. The molecule has 3 nitrogen and oxygen atoms in total. The molecule has 2 N–H and O–H groups in total. The van der Waals surface area contributed by atoms with E-state index in [1.54, 1.807) is 18.0 Å². The largest absolute Gasteiger partial charge is 0.397 e. The van der Waals surface area contributed by atoms with E-state index in [4.69, 9.17) is 5.73 Å². The topological polar surface area (TPSA) is 42.2 Å². The summed E-state index contributed by atoms with van der Waals surface area (Å²) in [5.41, 5.74) is 6.51. The van der Waals surface area contributed by atoms with Gasteiger partial charge in [0.25, 0.3) is 0 Å². The smallest absolute Gasteiger partial charge is 0.119 e. The lowest BCUT2D eigenvalue weighted by Gasteiger charge is -2.08. The Bertz CT molecular complexity index is 263. The number of thioether (sulfide) groups is 1. The van der Waals surface area contributed by atoms with Gasteiger partial charge in [0.1, 0.15) is 5.03 Å². The van der Waals surface area contributed by atoms with Crippen LogP contribution in [0.15, 0.2) is 23.4 Å². The van der Waals surface area contributed by atoms with Crippen molar-refractivity contribution < 1.29 is 0 Å². The van der Waals surface area contributed by atoms with Crippen LogP contribution in [-0.4, -0.2) is 36.3 Å². The maximum absolute atomic E-state index is 5.74. The predicted molar refractivity (Wildman–Crippen MR) is 57.9 cm³/mol. The second kappa shape index (κ2) is 5.09. The predicted octanol–water partition coefficient (Wildman–Crippen LogP) is 1.32. The van der Waals surface area contributed by atoms with Gasteiger partial charge >= 0.3 is 0 Å². The minimum Gasteiger partial charge on any atom is -0.397 e. The molecule has 0 amide bonds. The van der Waals surface area contributed by atoms with E-state index in [0.717, 1.165) is 23.0 Å². The first-order valence-corrected chi connectivity index (χ1v) is 5.16. The lowest BCUT2D eigenvalue weighted by atomic mass is 10.4. The highest BCUT2D eigenvalue weighted by Crippen LogP contribution is 2.20. The van der Waals surface area contributed by atoms with Gasteiger partial charge in [-0.1, -0.05) is 0 Å². The lowest BCUT2D eigenvalue weighted by Crippen LogP contribution is -2.14. The fourth-order valence-electron chi connectivity index (χ4n) is 0.849. The first kappa shape index (κ1) is 10.3. The van der Waals surface area contributed by atoms with Gasteiger partial charge in [-0.3, -0.25) is 0 Å². The molecule has 0 bridgehead atoms. The molecule has 0 saturated heterocycles. The molecule has 0 aromatic carbocycles. The van der Waals surface area contributed by atoms with Crippen LogP contribution in [0.25, 0.3) is 0 Å². The Morgan fingerprint density at radius 1 is 1.54 bits per heavy atom. The second-order valence-corrected chi connectivity index (χ2v) is 4.13. The third-order valence-electron chi connectivity index (χ3n) is 1.58. The molecule has 0 saturated carbocycles. The van der Waals surface area contributed by atoms with Crippen LogP contribution in [0.5, 0.6) is 0 Å². The summed E-state index contributed by atoms with van der Waals surface area (Å²) in [5.74, 6) is 1.02. The fraction of sp³-hybridized carbons (Fsp3) is 0.444. The molecule has 1 heterocycles. The van der Waals surface area contributed by atoms with Crippen LogP contribution in [0.2, 0.25) is 0 Å². The summed E-state index contributed by atoms with van der Waals surface area (Å²) in [4.78, 5) is 6.34. The van der Waals surface area contributed by atoms with Crippen molar-refractivity contribution in [1.82, 2.24) is 9.88 Å². The van der Waals surface area contributed by atoms with Gasteiger partial charge in [-0.15, -0.1) is 11.8 Å². The van der Waals surface area contributed by atoms with Crippen molar-refractivity contribution in [3.63, 3.8) is 0 Å². The molecule has 0 aliphatic heterocycles. The summed E-state index contributed by atoms with van der Waals surface area (Å²) in [6.07, 6.45) is 1.77. The molecule has 1 rings (SSSR count). The Hall–Kier alpha value is -0.740. The molecule has 1 aromatic heterocycles. The Kier molecular flexibility index (Phi) is 4.05. The van der Waals surface area contributed by atoms with Gasteiger partial charge in [-0.05, 0) is 26.2 Å². The molecule has 1 aromatic rings. The molecule has 0 aliphatic carbocycles. The highest BCUT2D eigenvalue weighted by Gasteiger charge is 1.99. The average molecular weight is 197 g/mol. The molecule has 13 heavy (non-hydrogen) atoms. The van der Waals surface area contributed by atoms with E-state index in [-0.39, 0.29) is 0 Å². The number of aromatic nitrogens is 1. The van der Waals surface area contributed by atoms with Gasteiger partial charge in [0.15, 0.2) is 0 Å². The normalized spacial score (nSPS) is 10.7. The molecular weight excluding hydrogens is 182 g/mol. The van der Waals surface area contributed by atoms with Crippen LogP contribution in [-0.2, 0) is 0 Å². The van der Waals surface area contributed by atoms with Gasteiger partial charge in [0.05, 0.1) is 5.69 Å². The molecule has 0 atom stereocenters. The van der Waals surface area contributed by atoms with E-state index in [0.29, 0.717) is 0 Å². The van der Waals surface area contributed by atoms with Crippen molar-refractivity contribution in [2.45, 2.75) is 5.03 Å². The van der Waals surface area contributed by atoms with Gasteiger partial charge in [0.2, 0.25) is 0 Å². The van der Waals surface area contributed by atoms with E-state index < -0.39 is 0 Å². The zero-order valence-corrected chi connectivity index (χ0v) is 8.84. The van der Waals surface area contributed by atoms with Crippen molar-refractivity contribution in [3.05, 3.63) is 18.3 Å². The van der Waals surface area contributed by atoms with Crippen molar-refractivity contribution in [1.29, 1.82) is 0 Å². The zero-order valence-electron chi connectivity index (χ0n) is 8.03. The molecular formula is C9H15N3S. The summed E-state index contributed by atoms with van der Waals surface area (Å²) in [7, 11) is 4.12. The van der Waals surface area contributed by atoms with Crippen molar-refractivity contribution in [2.24, 2.45) is 0 Å². The Balaban J connectivity index is 2.41. The minimum atomic E-state index is 0.770. The standard InChI is InChI=1S/C9H15N3S/c1-12(2)6-7-13-9-8(10)4-3-5-11-9/h3-5H,6-7,10H2,1-2H3. The second-order valence-electron chi connectivity index (χ2n) is 3.05. The molecule has 72 valence electrons. The van der Waals surface area contributed by atoms with Crippen LogP contribution in [0, 0.1) is 0 Å². The number of anilines is 1. The lowest BCUT2D eigenvalue weighted by molar-refractivity contribution is 0.437. The number of nitrogens with zero attached hydrogens (tertiary/aromatic N) is 2. The highest BCUT2D eigenvalue weighted by molar-refractivity contribution is 7.99. The van der Waals surface area contributed by atoms with E-state index in [1.807, 2.05) is 12.1 Å². The number of hydrogen-bond donors (Lipinski definition) is 1. The molecule has 0 spiro atoms. The number of nitrogens with two attached hydrogens (primary N) is 1. The summed E-state index contributed by atoms with van der Waals surface area (Å²) in [6, 6.07) is 3.73. The van der Waals surface area contributed by atoms with E-state index in [9.17, 15) is 0 Å². The van der Waals surface area contributed by atoms with E-state index >= 15 is 0 Å². The number of nitrogen functional groups attached to an aromatic ring is 1. The van der Waals surface area contributed by atoms with Crippen LogP contribution >= 0.6 is 11.8 Å². The Labute approximate surface area is 83.3 Å². The van der Waals surface area contributed by atoms with Crippen LogP contribution in [0.1, 0.15) is 0 Å². The van der Waals surface area contributed by atoms with Crippen LogP contribution in [0.3, 0.4) is 0 Å². The average Bonchev–Trinajstić information content (AvgIpc) is 2.08. The van der Waals surface area contributed by atoms with Gasteiger partial charge in [-0.25, -0.2) is 4.98 Å². The third kappa shape index (κ3) is 3.65. The zero-order chi connectivity index (χ0) is 9.68. The van der Waals surface area contributed by atoms with Gasteiger partial charge in [0, 0.05) is 18.5 Å².